The van der Waals surface area contributed by atoms with Gasteiger partial charge in [0.15, 0.2) is 0 Å². The topological polar surface area (TPSA) is 80.5 Å². The summed E-state index contributed by atoms with van der Waals surface area (Å²) in [7, 11) is 0. The van der Waals surface area contributed by atoms with Crippen LogP contribution in [0, 0.1) is 0 Å². The van der Waals surface area contributed by atoms with Gasteiger partial charge in [0.25, 0.3) is 5.19 Å². The Balaban J connectivity index is 1.30. The van der Waals surface area contributed by atoms with Gasteiger partial charge in [0, 0.05) is 37.0 Å². The standard InChI is InChI=1S/C21H24N4O2S/c22-20(26)23-16-10-12-25(13-11-16)14-15-6-8-17(9-7-15)27-21-24-18-4-2-1-3-5-19(18)28-21/h1-4,6-9,16H,5,10-14H2,(H3,22,23,26). The maximum absolute atomic E-state index is 11.0. The molecule has 1 saturated heterocycles. The van der Waals surface area contributed by atoms with E-state index in [1.165, 1.54) is 10.4 Å². The maximum Gasteiger partial charge on any atom is 0.312 e. The Morgan fingerprint density at radius 2 is 2.04 bits per heavy atom. The van der Waals surface area contributed by atoms with Crippen molar-refractivity contribution in [1.82, 2.24) is 15.2 Å². The Labute approximate surface area is 168 Å². The Hall–Kier alpha value is -2.64. The molecule has 1 aromatic carbocycles. The van der Waals surface area contributed by atoms with E-state index in [2.05, 4.69) is 33.4 Å². The molecule has 28 heavy (non-hydrogen) atoms. The van der Waals surface area contributed by atoms with E-state index in [4.69, 9.17) is 10.5 Å². The summed E-state index contributed by atoms with van der Waals surface area (Å²) in [5.74, 6) is 0.802. The molecule has 3 N–H and O–H groups in total. The second kappa shape index (κ2) is 8.58. The van der Waals surface area contributed by atoms with Crippen molar-refractivity contribution < 1.29 is 9.53 Å². The average molecular weight is 397 g/mol. The van der Waals surface area contributed by atoms with E-state index in [0.717, 1.165) is 50.3 Å². The minimum atomic E-state index is -0.432. The second-order valence-electron chi connectivity index (χ2n) is 7.08. The van der Waals surface area contributed by atoms with Crippen molar-refractivity contribution >= 4 is 23.4 Å². The normalized spacial score (nSPS) is 17.1. The van der Waals surface area contributed by atoms with Crippen LogP contribution in [0.3, 0.4) is 0 Å². The summed E-state index contributed by atoms with van der Waals surface area (Å²) in [6.07, 6.45) is 11.0. The van der Waals surface area contributed by atoms with Gasteiger partial charge in [-0.05, 0) is 36.6 Å². The number of primary amides is 1. The summed E-state index contributed by atoms with van der Waals surface area (Å²) in [5, 5.41) is 3.48. The number of carbonyl (C=O) groups excluding carboxylic acids is 1. The highest BCUT2D eigenvalue weighted by Crippen LogP contribution is 2.31. The Bertz CT molecular complexity index is 880. The lowest BCUT2D eigenvalue weighted by Gasteiger charge is -2.32. The summed E-state index contributed by atoms with van der Waals surface area (Å²) in [6, 6.07) is 7.97. The number of allylic oxidation sites excluding steroid dienone is 3. The van der Waals surface area contributed by atoms with E-state index in [-0.39, 0.29) is 6.04 Å². The molecule has 2 amide bonds. The van der Waals surface area contributed by atoms with Crippen LogP contribution in [-0.4, -0.2) is 35.0 Å². The smallest absolute Gasteiger partial charge is 0.312 e. The molecule has 2 aromatic rings. The minimum Gasteiger partial charge on any atom is -0.431 e. The number of piperidine rings is 1. The first-order chi connectivity index (χ1) is 13.7. The highest BCUT2D eigenvalue weighted by Gasteiger charge is 2.20. The third kappa shape index (κ3) is 4.79. The number of thiazole rings is 1. The van der Waals surface area contributed by atoms with Crippen LogP contribution >= 0.6 is 11.3 Å². The zero-order valence-electron chi connectivity index (χ0n) is 15.6. The van der Waals surface area contributed by atoms with Crippen molar-refractivity contribution in [2.24, 2.45) is 5.73 Å². The third-order valence-corrected chi connectivity index (χ3v) is 5.95. The number of ether oxygens (including phenoxy) is 1. The largest absolute Gasteiger partial charge is 0.431 e. The zero-order chi connectivity index (χ0) is 19.3. The molecule has 1 fully saturated rings. The number of benzene rings is 1. The number of aromatic nitrogens is 1. The molecule has 2 heterocycles. The molecule has 0 bridgehead atoms. The summed E-state index contributed by atoms with van der Waals surface area (Å²) < 4.78 is 5.95. The molecule has 0 spiro atoms. The van der Waals surface area contributed by atoms with E-state index < -0.39 is 6.03 Å². The van der Waals surface area contributed by atoms with Crippen LogP contribution < -0.4 is 15.8 Å². The van der Waals surface area contributed by atoms with Gasteiger partial charge < -0.3 is 15.8 Å². The van der Waals surface area contributed by atoms with Crippen molar-refractivity contribution in [2.45, 2.75) is 31.8 Å². The van der Waals surface area contributed by atoms with Gasteiger partial charge >= 0.3 is 6.03 Å². The van der Waals surface area contributed by atoms with Crippen LogP contribution in [0.15, 0.2) is 42.5 Å². The first kappa shape index (κ1) is 18.7. The van der Waals surface area contributed by atoms with Gasteiger partial charge in [-0.1, -0.05) is 41.7 Å². The summed E-state index contributed by atoms with van der Waals surface area (Å²) in [6.45, 7) is 2.80. The molecule has 1 aromatic heterocycles. The van der Waals surface area contributed by atoms with Gasteiger partial charge in [0.2, 0.25) is 0 Å². The molecular formula is C21H24N4O2S. The fourth-order valence-corrected chi connectivity index (χ4v) is 4.41. The highest BCUT2D eigenvalue weighted by molar-refractivity contribution is 7.13. The van der Waals surface area contributed by atoms with Crippen LogP contribution in [0.2, 0.25) is 0 Å². The lowest BCUT2D eigenvalue weighted by Crippen LogP contribution is -2.46. The molecule has 1 aliphatic heterocycles. The van der Waals surface area contributed by atoms with Gasteiger partial charge in [-0.15, -0.1) is 0 Å². The number of hydrogen-bond donors (Lipinski definition) is 2. The molecule has 146 valence electrons. The van der Waals surface area contributed by atoms with Crippen molar-refractivity contribution in [3.05, 3.63) is 58.6 Å². The molecule has 1 aliphatic carbocycles. The highest BCUT2D eigenvalue weighted by atomic mass is 32.1. The number of fused-ring (bicyclic) bond motifs is 1. The van der Waals surface area contributed by atoms with E-state index in [1.54, 1.807) is 11.3 Å². The van der Waals surface area contributed by atoms with E-state index in [1.807, 2.05) is 30.4 Å². The number of nitrogens with one attached hydrogen (secondary N) is 1. The van der Waals surface area contributed by atoms with Crippen molar-refractivity contribution in [3.8, 4) is 10.9 Å². The van der Waals surface area contributed by atoms with Crippen molar-refractivity contribution in [3.63, 3.8) is 0 Å². The predicted molar refractivity (Wildman–Crippen MR) is 112 cm³/mol. The van der Waals surface area contributed by atoms with Gasteiger partial charge in [0.05, 0.1) is 5.69 Å². The number of nitrogens with two attached hydrogens (primary N) is 1. The molecule has 0 radical (unpaired) electrons. The van der Waals surface area contributed by atoms with E-state index in [9.17, 15) is 4.79 Å². The quantitative estimate of drug-likeness (QED) is 0.808. The number of likely N-dealkylation sites (tertiary alicyclic amines) is 1. The van der Waals surface area contributed by atoms with Crippen molar-refractivity contribution in [1.29, 1.82) is 0 Å². The summed E-state index contributed by atoms with van der Waals surface area (Å²) >= 11 is 1.60. The van der Waals surface area contributed by atoms with Gasteiger partial charge in [-0.2, -0.15) is 0 Å². The number of urea groups is 1. The van der Waals surface area contributed by atoms with E-state index >= 15 is 0 Å². The number of carbonyl (C=O) groups is 1. The lowest BCUT2D eigenvalue weighted by molar-refractivity contribution is 0.189. The lowest BCUT2D eigenvalue weighted by atomic mass is 10.0. The summed E-state index contributed by atoms with van der Waals surface area (Å²) in [5.41, 5.74) is 7.44. The Morgan fingerprint density at radius 1 is 1.25 bits per heavy atom. The molecule has 0 unspecified atom stereocenters. The van der Waals surface area contributed by atoms with Crippen LogP contribution in [-0.2, 0) is 13.0 Å². The SMILES string of the molecule is NC(=O)NC1CCN(Cc2ccc(Oc3nc4c(s3)CC=CC=C4)cc2)CC1. The number of amides is 2. The molecule has 0 atom stereocenters. The fraction of sp³-hybridized carbons (Fsp3) is 0.333. The number of hydrogen-bond acceptors (Lipinski definition) is 5. The van der Waals surface area contributed by atoms with Crippen LogP contribution in [0.25, 0.3) is 6.08 Å². The van der Waals surface area contributed by atoms with Gasteiger partial charge in [-0.3, -0.25) is 4.90 Å². The van der Waals surface area contributed by atoms with Crippen molar-refractivity contribution in [2.75, 3.05) is 13.1 Å². The number of nitrogens with zero attached hydrogens (tertiary/aromatic N) is 2. The predicted octanol–water partition coefficient (Wildman–Crippen LogP) is 3.69. The minimum absolute atomic E-state index is 0.197. The second-order valence-corrected chi connectivity index (χ2v) is 8.13. The van der Waals surface area contributed by atoms with E-state index in [0.29, 0.717) is 5.19 Å². The monoisotopic (exact) mass is 396 g/mol. The maximum atomic E-state index is 11.0. The van der Waals surface area contributed by atoms with Crippen LogP contribution in [0.4, 0.5) is 4.79 Å². The Morgan fingerprint density at radius 3 is 2.79 bits per heavy atom. The molecular weight excluding hydrogens is 372 g/mol. The zero-order valence-corrected chi connectivity index (χ0v) is 16.5. The first-order valence-electron chi connectivity index (χ1n) is 9.54. The number of rotatable bonds is 5. The first-order valence-corrected chi connectivity index (χ1v) is 10.4. The molecule has 4 rings (SSSR count). The summed E-state index contributed by atoms with van der Waals surface area (Å²) in [4.78, 5) is 19.1. The third-order valence-electron chi connectivity index (χ3n) is 4.98. The molecule has 7 heteroatoms. The van der Waals surface area contributed by atoms with Gasteiger partial charge in [-0.25, -0.2) is 9.78 Å². The molecule has 2 aliphatic rings. The van der Waals surface area contributed by atoms with Gasteiger partial charge in [0.1, 0.15) is 5.75 Å². The molecule has 0 saturated carbocycles. The van der Waals surface area contributed by atoms with Crippen LogP contribution in [0.5, 0.6) is 10.9 Å². The Kier molecular flexibility index (Phi) is 5.73. The average Bonchev–Trinajstić information content (AvgIpc) is 2.92. The fourth-order valence-electron chi connectivity index (χ4n) is 3.52. The molecule has 6 nitrogen and oxygen atoms in total. The van der Waals surface area contributed by atoms with Crippen LogP contribution in [0.1, 0.15) is 29.0 Å².